The highest BCUT2D eigenvalue weighted by molar-refractivity contribution is 9.10. The van der Waals surface area contributed by atoms with Crippen molar-refractivity contribution >= 4 is 33.5 Å². The molecule has 0 amide bonds. The molecule has 0 unspecified atom stereocenters. The SMILES string of the molecule is Cc1noc(-c2ccc(Br)c(Cl)c2)c1CC(=O)O. The van der Waals surface area contributed by atoms with E-state index in [1.807, 2.05) is 0 Å². The van der Waals surface area contributed by atoms with E-state index < -0.39 is 5.97 Å². The predicted molar refractivity (Wildman–Crippen MR) is 70.7 cm³/mol. The molecule has 0 aliphatic heterocycles. The molecule has 2 rings (SSSR count). The Balaban J connectivity index is 2.50. The molecule has 0 aliphatic rings. The normalized spacial score (nSPS) is 10.6. The molecule has 94 valence electrons. The minimum atomic E-state index is -0.925. The molecule has 0 atom stereocenters. The quantitative estimate of drug-likeness (QED) is 0.932. The van der Waals surface area contributed by atoms with Crippen LogP contribution in [0.2, 0.25) is 5.02 Å². The fourth-order valence-corrected chi connectivity index (χ4v) is 2.04. The van der Waals surface area contributed by atoms with Gasteiger partial charge in [0.1, 0.15) is 0 Å². The second-order valence-corrected chi connectivity index (χ2v) is 5.04. The Morgan fingerprint density at radius 1 is 1.56 bits per heavy atom. The first kappa shape index (κ1) is 13.1. The van der Waals surface area contributed by atoms with Gasteiger partial charge in [-0.15, -0.1) is 0 Å². The van der Waals surface area contributed by atoms with Gasteiger partial charge in [-0.05, 0) is 41.1 Å². The summed E-state index contributed by atoms with van der Waals surface area (Å²) in [6.07, 6.45) is -0.127. The minimum absolute atomic E-state index is 0.127. The van der Waals surface area contributed by atoms with Gasteiger partial charge in [0.25, 0.3) is 0 Å². The van der Waals surface area contributed by atoms with Crippen LogP contribution in [0.4, 0.5) is 0 Å². The van der Waals surface area contributed by atoms with Gasteiger partial charge in [0.15, 0.2) is 5.76 Å². The van der Waals surface area contributed by atoms with Gasteiger partial charge in [0.2, 0.25) is 0 Å². The van der Waals surface area contributed by atoms with Crippen LogP contribution in [0.1, 0.15) is 11.3 Å². The molecule has 1 aromatic carbocycles. The molecule has 6 heteroatoms. The van der Waals surface area contributed by atoms with E-state index in [9.17, 15) is 4.79 Å². The van der Waals surface area contributed by atoms with Crippen molar-refractivity contribution in [1.82, 2.24) is 5.16 Å². The number of carboxylic acids is 1. The van der Waals surface area contributed by atoms with Gasteiger partial charge in [0, 0.05) is 15.6 Å². The van der Waals surface area contributed by atoms with Crippen molar-refractivity contribution in [3.8, 4) is 11.3 Å². The highest BCUT2D eigenvalue weighted by Crippen LogP contribution is 2.32. The Kier molecular flexibility index (Phi) is 3.73. The number of aliphatic carboxylic acids is 1. The lowest BCUT2D eigenvalue weighted by Crippen LogP contribution is -2.01. The summed E-state index contributed by atoms with van der Waals surface area (Å²) in [5.41, 5.74) is 1.85. The van der Waals surface area contributed by atoms with Crippen molar-refractivity contribution in [1.29, 1.82) is 0 Å². The van der Waals surface area contributed by atoms with Crippen LogP contribution in [0.5, 0.6) is 0 Å². The van der Waals surface area contributed by atoms with Gasteiger partial charge in [-0.3, -0.25) is 4.79 Å². The molecule has 18 heavy (non-hydrogen) atoms. The van der Waals surface area contributed by atoms with Crippen LogP contribution in [0.15, 0.2) is 27.2 Å². The summed E-state index contributed by atoms with van der Waals surface area (Å²) in [4.78, 5) is 10.8. The van der Waals surface area contributed by atoms with Crippen molar-refractivity contribution in [2.45, 2.75) is 13.3 Å². The van der Waals surface area contributed by atoms with Gasteiger partial charge in [-0.1, -0.05) is 16.8 Å². The molecular formula is C12H9BrClNO3. The van der Waals surface area contributed by atoms with Gasteiger partial charge in [-0.25, -0.2) is 0 Å². The monoisotopic (exact) mass is 329 g/mol. The van der Waals surface area contributed by atoms with Crippen LogP contribution in [0.25, 0.3) is 11.3 Å². The molecule has 0 radical (unpaired) electrons. The lowest BCUT2D eigenvalue weighted by Gasteiger charge is -2.02. The second-order valence-electron chi connectivity index (χ2n) is 3.78. The van der Waals surface area contributed by atoms with E-state index in [-0.39, 0.29) is 6.42 Å². The van der Waals surface area contributed by atoms with Crippen LogP contribution < -0.4 is 0 Å². The third-order valence-corrected chi connectivity index (χ3v) is 3.73. The summed E-state index contributed by atoms with van der Waals surface area (Å²) in [6, 6.07) is 5.28. The summed E-state index contributed by atoms with van der Waals surface area (Å²) >= 11 is 9.30. The van der Waals surface area contributed by atoms with Gasteiger partial charge >= 0.3 is 5.97 Å². The summed E-state index contributed by atoms with van der Waals surface area (Å²) in [7, 11) is 0. The lowest BCUT2D eigenvalue weighted by molar-refractivity contribution is -0.136. The Morgan fingerprint density at radius 2 is 2.28 bits per heavy atom. The Hall–Kier alpha value is -1.33. The van der Waals surface area contributed by atoms with Crippen LogP contribution in [-0.2, 0) is 11.2 Å². The first-order valence-corrected chi connectivity index (χ1v) is 6.28. The third-order valence-electron chi connectivity index (χ3n) is 2.49. The summed E-state index contributed by atoms with van der Waals surface area (Å²) in [6.45, 7) is 1.71. The van der Waals surface area contributed by atoms with Crippen molar-refractivity contribution in [3.63, 3.8) is 0 Å². The van der Waals surface area contributed by atoms with E-state index >= 15 is 0 Å². The van der Waals surface area contributed by atoms with E-state index in [0.717, 1.165) is 4.47 Å². The van der Waals surface area contributed by atoms with E-state index in [2.05, 4.69) is 21.1 Å². The van der Waals surface area contributed by atoms with Crippen LogP contribution in [0.3, 0.4) is 0 Å². The molecule has 2 aromatic rings. The van der Waals surface area contributed by atoms with E-state index in [0.29, 0.717) is 27.6 Å². The topological polar surface area (TPSA) is 63.3 Å². The number of hydrogen-bond acceptors (Lipinski definition) is 3. The van der Waals surface area contributed by atoms with Gasteiger partial charge < -0.3 is 9.63 Å². The molecule has 0 bridgehead atoms. The van der Waals surface area contributed by atoms with Gasteiger partial charge in [-0.2, -0.15) is 0 Å². The van der Waals surface area contributed by atoms with Crippen molar-refractivity contribution in [2.75, 3.05) is 0 Å². The first-order chi connectivity index (χ1) is 8.49. The highest BCUT2D eigenvalue weighted by atomic mass is 79.9. The number of carbonyl (C=O) groups is 1. The number of nitrogens with zero attached hydrogens (tertiary/aromatic N) is 1. The molecule has 0 aliphatic carbocycles. The first-order valence-electron chi connectivity index (χ1n) is 5.11. The number of hydrogen-bond donors (Lipinski definition) is 1. The largest absolute Gasteiger partial charge is 0.481 e. The zero-order chi connectivity index (χ0) is 13.3. The summed E-state index contributed by atoms with van der Waals surface area (Å²) in [5, 5.41) is 13.2. The molecular weight excluding hydrogens is 321 g/mol. The zero-order valence-corrected chi connectivity index (χ0v) is 11.7. The van der Waals surface area contributed by atoms with Crippen LogP contribution >= 0.6 is 27.5 Å². The maximum atomic E-state index is 10.8. The average molecular weight is 331 g/mol. The van der Waals surface area contributed by atoms with Crippen LogP contribution in [-0.4, -0.2) is 16.2 Å². The fourth-order valence-electron chi connectivity index (χ4n) is 1.61. The maximum absolute atomic E-state index is 10.8. The molecule has 1 N–H and O–H groups in total. The molecule has 1 aromatic heterocycles. The minimum Gasteiger partial charge on any atom is -0.481 e. The number of carboxylic acid groups (broad SMARTS) is 1. The van der Waals surface area contributed by atoms with Crippen LogP contribution in [0, 0.1) is 6.92 Å². The smallest absolute Gasteiger partial charge is 0.308 e. The van der Waals surface area contributed by atoms with Crippen molar-refractivity contribution in [2.24, 2.45) is 0 Å². The third kappa shape index (κ3) is 2.57. The summed E-state index contributed by atoms with van der Waals surface area (Å²) in [5.74, 6) is -0.477. The molecule has 0 spiro atoms. The van der Waals surface area contributed by atoms with E-state index in [1.165, 1.54) is 0 Å². The molecule has 1 heterocycles. The highest BCUT2D eigenvalue weighted by Gasteiger charge is 2.18. The fraction of sp³-hybridized carbons (Fsp3) is 0.167. The number of halogens is 2. The second kappa shape index (κ2) is 5.12. The predicted octanol–water partition coefficient (Wildman–Crippen LogP) is 3.69. The number of benzene rings is 1. The number of aryl methyl sites for hydroxylation is 1. The Morgan fingerprint density at radius 3 is 2.89 bits per heavy atom. The molecule has 0 saturated heterocycles. The zero-order valence-electron chi connectivity index (χ0n) is 9.41. The van der Waals surface area contributed by atoms with Crippen molar-refractivity contribution in [3.05, 3.63) is 39.0 Å². The number of rotatable bonds is 3. The van der Waals surface area contributed by atoms with Crippen molar-refractivity contribution < 1.29 is 14.4 Å². The average Bonchev–Trinajstić information content (AvgIpc) is 2.64. The Bertz CT molecular complexity index is 609. The molecule has 4 nitrogen and oxygen atoms in total. The molecule has 0 fully saturated rings. The Labute approximate surface area is 117 Å². The van der Waals surface area contributed by atoms with E-state index in [4.69, 9.17) is 21.2 Å². The van der Waals surface area contributed by atoms with E-state index in [1.54, 1.807) is 25.1 Å². The number of aromatic nitrogens is 1. The maximum Gasteiger partial charge on any atom is 0.308 e. The molecule has 0 saturated carbocycles. The summed E-state index contributed by atoms with van der Waals surface area (Å²) < 4.78 is 5.96. The lowest BCUT2D eigenvalue weighted by atomic mass is 10.0. The van der Waals surface area contributed by atoms with Gasteiger partial charge in [0.05, 0.1) is 17.1 Å². The standard InChI is InChI=1S/C12H9BrClNO3/c1-6-8(5-11(16)17)12(18-15-6)7-2-3-9(13)10(14)4-7/h2-4H,5H2,1H3,(H,16,17).